The van der Waals surface area contributed by atoms with Crippen molar-refractivity contribution in [1.29, 1.82) is 0 Å². The molecule has 2 N–H and O–H groups in total. The van der Waals surface area contributed by atoms with Crippen LogP contribution in [0.3, 0.4) is 0 Å². The number of ether oxygens (including phenoxy) is 1. The van der Waals surface area contributed by atoms with Gasteiger partial charge in [-0.3, -0.25) is 4.79 Å². The summed E-state index contributed by atoms with van der Waals surface area (Å²) in [5.74, 6) is -5.12. The normalized spacial score (nSPS) is 10.5. The molecule has 0 saturated heterocycles. The Morgan fingerprint density at radius 1 is 1.53 bits per heavy atom. The van der Waals surface area contributed by atoms with Crippen LogP contribution >= 0.6 is 0 Å². The lowest BCUT2D eigenvalue weighted by molar-refractivity contribution is -0.144. The minimum Gasteiger partial charge on any atom is -0.481 e. The number of halogens is 2. The van der Waals surface area contributed by atoms with Crippen molar-refractivity contribution in [2.24, 2.45) is 0 Å². The zero-order valence-corrected chi connectivity index (χ0v) is 7.83. The molecule has 0 spiro atoms. The third-order valence-electron chi connectivity index (χ3n) is 1.23. The van der Waals surface area contributed by atoms with Crippen LogP contribution in [0.5, 0.6) is 0 Å². The molecule has 0 fully saturated rings. The Balaban J connectivity index is 3.86. The summed E-state index contributed by atoms with van der Waals surface area (Å²) < 4.78 is 29.7. The largest absolute Gasteiger partial charge is 0.481 e. The number of nitrogens with one attached hydrogen (secondary N) is 1. The Hall–Kier alpha value is -1.66. The van der Waals surface area contributed by atoms with Crippen LogP contribution < -0.4 is 5.32 Å². The molecule has 0 atom stereocenters. The van der Waals surface area contributed by atoms with Crippen LogP contribution in [0.25, 0.3) is 0 Å². The molecule has 86 valence electrons. The molecule has 5 nitrogen and oxygen atoms in total. The van der Waals surface area contributed by atoms with Gasteiger partial charge in [-0.05, 0) is 0 Å². The highest BCUT2D eigenvalue weighted by atomic mass is 19.3. The van der Waals surface area contributed by atoms with Crippen LogP contribution in [-0.2, 0) is 9.53 Å². The molecule has 0 radical (unpaired) electrons. The maximum atomic E-state index is 12.7. The highest BCUT2D eigenvalue weighted by molar-refractivity contribution is 5.69. The van der Waals surface area contributed by atoms with E-state index in [2.05, 4.69) is 11.3 Å². The first-order valence-corrected chi connectivity index (χ1v) is 3.98. The van der Waals surface area contributed by atoms with E-state index >= 15 is 0 Å². The summed E-state index contributed by atoms with van der Waals surface area (Å²) in [7, 11) is 0. The van der Waals surface area contributed by atoms with Gasteiger partial charge in [0.1, 0.15) is 13.0 Å². The van der Waals surface area contributed by atoms with Gasteiger partial charge in [0.2, 0.25) is 0 Å². The lowest BCUT2D eigenvalue weighted by Gasteiger charge is -2.14. The third kappa shape index (κ3) is 7.41. The molecule has 0 unspecified atom stereocenters. The standard InChI is InChI=1S/C8H11F2NO4/c1-2-3-15-7(14)11-5-8(9,10)4-6(12)13/h2H,1,3-5H2,(H,11,14)(H,12,13). The predicted molar refractivity (Wildman–Crippen MR) is 46.7 cm³/mol. The van der Waals surface area contributed by atoms with Crippen LogP contribution in [0.2, 0.25) is 0 Å². The van der Waals surface area contributed by atoms with E-state index in [1.807, 2.05) is 0 Å². The van der Waals surface area contributed by atoms with Crippen molar-refractivity contribution in [2.75, 3.05) is 13.2 Å². The second-order valence-electron chi connectivity index (χ2n) is 2.67. The Morgan fingerprint density at radius 2 is 2.13 bits per heavy atom. The van der Waals surface area contributed by atoms with E-state index in [9.17, 15) is 18.4 Å². The first-order valence-electron chi connectivity index (χ1n) is 3.98. The number of carbonyl (C=O) groups is 2. The van der Waals surface area contributed by atoms with E-state index in [0.29, 0.717) is 0 Å². The van der Waals surface area contributed by atoms with E-state index < -0.39 is 31.0 Å². The van der Waals surface area contributed by atoms with Crippen LogP contribution in [0.1, 0.15) is 6.42 Å². The highest BCUT2D eigenvalue weighted by Gasteiger charge is 2.32. The summed E-state index contributed by atoms with van der Waals surface area (Å²) in [5.41, 5.74) is 0. The van der Waals surface area contributed by atoms with E-state index in [1.165, 1.54) is 6.08 Å². The number of hydrogen-bond acceptors (Lipinski definition) is 3. The van der Waals surface area contributed by atoms with Crippen molar-refractivity contribution in [2.45, 2.75) is 12.3 Å². The zero-order valence-electron chi connectivity index (χ0n) is 7.83. The number of carboxylic acids is 1. The summed E-state index contributed by atoms with van der Waals surface area (Å²) in [6, 6.07) is 0. The molecule has 7 heteroatoms. The molecule has 0 aromatic rings. The summed E-state index contributed by atoms with van der Waals surface area (Å²) in [5, 5.41) is 9.86. The Labute approximate surface area is 84.7 Å². The van der Waals surface area contributed by atoms with Crippen LogP contribution in [-0.4, -0.2) is 36.2 Å². The van der Waals surface area contributed by atoms with Gasteiger partial charge in [0.05, 0.1) is 6.54 Å². The van der Waals surface area contributed by atoms with Gasteiger partial charge < -0.3 is 15.2 Å². The van der Waals surface area contributed by atoms with Crippen molar-refractivity contribution in [3.63, 3.8) is 0 Å². The van der Waals surface area contributed by atoms with Crippen molar-refractivity contribution in [1.82, 2.24) is 5.32 Å². The van der Waals surface area contributed by atoms with E-state index in [-0.39, 0.29) is 6.61 Å². The summed E-state index contributed by atoms with van der Waals surface area (Å²) >= 11 is 0. The highest BCUT2D eigenvalue weighted by Crippen LogP contribution is 2.16. The molecule has 1 amide bonds. The number of rotatable bonds is 6. The van der Waals surface area contributed by atoms with Crippen molar-refractivity contribution >= 4 is 12.1 Å². The number of carbonyl (C=O) groups excluding carboxylic acids is 1. The third-order valence-corrected chi connectivity index (χ3v) is 1.23. The quantitative estimate of drug-likeness (QED) is 0.659. The SMILES string of the molecule is C=CCOC(=O)NCC(F)(F)CC(=O)O. The predicted octanol–water partition coefficient (Wildman–Crippen LogP) is 1.01. The van der Waals surface area contributed by atoms with Gasteiger partial charge in [-0.15, -0.1) is 0 Å². The topological polar surface area (TPSA) is 75.6 Å². The number of carboxylic acid groups (broad SMARTS) is 1. The maximum Gasteiger partial charge on any atom is 0.407 e. The smallest absolute Gasteiger partial charge is 0.407 e. The fourth-order valence-corrected chi connectivity index (χ4v) is 0.671. The Morgan fingerprint density at radius 3 is 2.60 bits per heavy atom. The van der Waals surface area contributed by atoms with Crippen molar-refractivity contribution < 1.29 is 28.2 Å². The second-order valence-corrected chi connectivity index (χ2v) is 2.67. The molecule has 0 heterocycles. The molecule has 0 aliphatic rings. The summed E-state index contributed by atoms with van der Waals surface area (Å²) in [6.45, 7) is 2.08. The monoisotopic (exact) mass is 223 g/mol. The van der Waals surface area contributed by atoms with Gasteiger partial charge in [-0.1, -0.05) is 12.7 Å². The van der Waals surface area contributed by atoms with Crippen LogP contribution in [0.15, 0.2) is 12.7 Å². The van der Waals surface area contributed by atoms with E-state index in [4.69, 9.17) is 5.11 Å². The molecule has 0 aliphatic heterocycles. The lowest BCUT2D eigenvalue weighted by atomic mass is 10.2. The Kier molecular flexibility index (Phi) is 5.29. The van der Waals surface area contributed by atoms with Gasteiger partial charge in [-0.25, -0.2) is 13.6 Å². The zero-order chi connectivity index (χ0) is 11.9. The minimum atomic E-state index is -3.49. The number of alkyl halides is 2. The molecule has 0 aliphatic carbocycles. The fourth-order valence-electron chi connectivity index (χ4n) is 0.671. The first kappa shape index (κ1) is 13.3. The Bertz CT molecular complexity index is 255. The van der Waals surface area contributed by atoms with E-state index in [1.54, 1.807) is 5.32 Å². The first-order chi connectivity index (χ1) is 6.87. The summed E-state index contributed by atoms with van der Waals surface area (Å²) in [4.78, 5) is 20.7. The van der Waals surface area contributed by atoms with Gasteiger partial charge >= 0.3 is 12.1 Å². The van der Waals surface area contributed by atoms with Crippen LogP contribution in [0, 0.1) is 0 Å². The molecule has 0 rings (SSSR count). The number of aliphatic carboxylic acids is 1. The molecule has 0 saturated carbocycles. The molecule has 15 heavy (non-hydrogen) atoms. The molecular formula is C8H11F2NO4. The molecular weight excluding hydrogens is 212 g/mol. The number of alkyl carbamates (subject to hydrolysis) is 1. The maximum absolute atomic E-state index is 12.7. The average molecular weight is 223 g/mol. The molecule has 0 aromatic carbocycles. The molecule has 0 bridgehead atoms. The fraction of sp³-hybridized carbons (Fsp3) is 0.500. The van der Waals surface area contributed by atoms with Crippen molar-refractivity contribution in [3.8, 4) is 0 Å². The number of hydrogen-bond donors (Lipinski definition) is 2. The average Bonchev–Trinajstić information content (AvgIpc) is 2.09. The summed E-state index contributed by atoms with van der Waals surface area (Å²) in [6.07, 6.45) is -1.11. The van der Waals surface area contributed by atoms with Gasteiger partial charge in [0.15, 0.2) is 0 Å². The van der Waals surface area contributed by atoms with E-state index in [0.717, 1.165) is 0 Å². The number of amides is 1. The van der Waals surface area contributed by atoms with Gasteiger partial charge in [0.25, 0.3) is 5.92 Å². The van der Waals surface area contributed by atoms with Gasteiger partial charge in [-0.2, -0.15) is 0 Å². The minimum absolute atomic E-state index is 0.101. The van der Waals surface area contributed by atoms with Crippen LogP contribution in [0.4, 0.5) is 13.6 Å². The van der Waals surface area contributed by atoms with Gasteiger partial charge in [0, 0.05) is 0 Å². The molecule has 0 aromatic heterocycles. The van der Waals surface area contributed by atoms with Crippen molar-refractivity contribution in [3.05, 3.63) is 12.7 Å². The second kappa shape index (κ2) is 5.94. The lowest BCUT2D eigenvalue weighted by Crippen LogP contribution is -2.38.